The van der Waals surface area contributed by atoms with E-state index >= 15 is 0 Å². The predicted molar refractivity (Wildman–Crippen MR) is 69.8 cm³/mol. The molecule has 0 aliphatic carbocycles. The quantitative estimate of drug-likeness (QED) is 0.355. The monoisotopic (exact) mass is 279 g/mol. The minimum Gasteiger partial charge on any atom is -0.461 e. The maximum Gasteiger partial charge on any atom is 0.361 e. The molecular weight excluding hydrogens is 266 g/mol. The molecule has 1 amide bonds. The van der Waals surface area contributed by atoms with E-state index in [0.717, 1.165) is 0 Å². The lowest BCUT2D eigenvalue weighted by Gasteiger charge is -2.03. The van der Waals surface area contributed by atoms with Crippen LogP contribution in [0.5, 0.6) is 0 Å². The molecule has 20 heavy (non-hydrogen) atoms. The molecule has 1 aromatic rings. The van der Waals surface area contributed by atoms with Gasteiger partial charge in [-0.1, -0.05) is 18.2 Å². The fraction of sp³-hybridized carbons (Fsp3) is 0.250. The zero-order valence-corrected chi connectivity index (χ0v) is 10.7. The summed E-state index contributed by atoms with van der Waals surface area (Å²) in [6.07, 6.45) is 0. The molecule has 0 heterocycles. The number of nitrogens with one attached hydrogen (secondary N) is 1. The number of nitro groups is 1. The van der Waals surface area contributed by atoms with E-state index in [-0.39, 0.29) is 6.61 Å². The summed E-state index contributed by atoms with van der Waals surface area (Å²) in [5.41, 5.74) is 1.94. The molecule has 0 aliphatic heterocycles. The zero-order valence-electron chi connectivity index (χ0n) is 10.7. The molecule has 0 unspecified atom stereocenters. The van der Waals surface area contributed by atoms with E-state index in [1.54, 1.807) is 37.3 Å². The minimum absolute atomic E-state index is 0.0577. The van der Waals surface area contributed by atoms with Crippen molar-refractivity contribution in [2.24, 2.45) is 5.10 Å². The van der Waals surface area contributed by atoms with Crippen molar-refractivity contribution in [3.8, 4) is 0 Å². The van der Waals surface area contributed by atoms with Gasteiger partial charge < -0.3 is 4.74 Å². The average Bonchev–Trinajstić information content (AvgIpc) is 2.43. The number of esters is 1. The number of carbonyl (C=O) groups is 2. The second-order valence-electron chi connectivity index (χ2n) is 3.58. The summed E-state index contributed by atoms with van der Waals surface area (Å²) in [5.74, 6) is -1.51. The Kier molecular flexibility index (Phi) is 5.82. The van der Waals surface area contributed by atoms with Crippen LogP contribution in [0.2, 0.25) is 0 Å². The first-order valence-electron chi connectivity index (χ1n) is 5.75. The Morgan fingerprint density at radius 2 is 2.00 bits per heavy atom. The summed E-state index contributed by atoms with van der Waals surface area (Å²) in [6.45, 7) is 0.792. The fourth-order valence-corrected chi connectivity index (χ4v) is 1.25. The number of benzene rings is 1. The molecule has 0 saturated heterocycles. The van der Waals surface area contributed by atoms with Crippen LogP contribution < -0.4 is 5.43 Å². The highest BCUT2D eigenvalue weighted by molar-refractivity contribution is 6.37. The molecule has 0 aliphatic rings. The zero-order chi connectivity index (χ0) is 15.0. The highest BCUT2D eigenvalue weighted by Crippen LogP contribution is 1.97. The van der Waals surface area contributed by atoms with Crippen LogP contribution in [-0.4, -0.2) is 35.7 Å². The Bertz CT molecular complexity index is 527. The first kappa shape index (κ1) is 15.3. The molecule has 8 heteroatoms. The summed E-state index contributed by atoms with van der Waals surface area (Å²) < 4.78 is 4.62. The maximum atomic E-state index is 11.7. The highest BCUT2D eigenvalue weighted by Gasteiger charge is 2.19. The Hall–Kier alpha value is -2.77. The third-order valence-corrected chi connectivity index (χ3v) is 2.12. The van der Waals surface area contributed by atoms with Crippen molar-refractivity contribution in [1.29, 1.82) is 0 Å². The lowest BCUT2D eigenvalue weighted by molar-refractivity contribution is -0.462. The van der Waals surface area contributed by atoms with E-state index in [1.165, 1.54) is 0 Å². The number of hydrogen-bond donors (Lipinski definition) is 1. The maximum absolute atomic E-state index is 11.7. The van der Waals surface area contributed by atoms with Crippen molar-refractivity contribution in [3.05, 3.63) is 46.0 Å². The first-order chi connectivity index (χ1) is 9.54. The molecule has 1 aromatic carbocycles. The fourth-order valence-electron chi connectivity index (χ4n) is 1.25. The third kappa shape index (κ3) is 4.84. The number of ether oxygens (including phenoxy) is 1. The lowest BCUT2D eigenvalue weighted by atomic mass is 10.2. The van der Waals surface area contributed by atoms with Gasteiger partial charge in [0.15, 0.2) is 0 Å². The molecule has 0 bridgehead atoms. The molecule has 106 valence electrons. The van der Waals surface area contributed by atoms with Gasteiger partial charge >= 0.3 is 5.97 Å². The SMILES string of the molecule is CCOC(=O)/C(C[N+](=O)[O-])=N\NC(=O)c1ccccc1. The van der Waals surface area contributed by atoms with E-state index in [0.29, 0.717) is 5.56 Å². The molecule has 8 nitrogen and oxygen atoms in total. The van der Waals surface area contributed by atoms with E-state index in [4.69, 9.17) is 0 Å². The summed E-state index contributed by atoms with van der Waals surface area (Å²) in [6, 6.07) is 8.13. The van der Waals surface area contributed by atoms with Crippen molar-refractivity contribution >= 4 is 17.6 Å². The normalized spacial score (nSPS) is 10.8. The summed E-state index contributed by atoms with van der Waals surface area (Å²) in [4.78, 5) is 32.8. The third-order valence-electron chi connectivity index (χ3n) is 2.12. The van der Waals surface area contributed by atoms with Gasteiger partial charge in [-0.2, -0.15) is 5.10 Å². The number of carbonyl (C=O) groups excluding carboxylic acids is 2. The second kappa shape index (κ2) is 7.62. The predicted octanol–water partition coefficient (Wildman–Crippen LogP) is 0.612. The molecular formula is C12H13N3O5. The Morgan fingerprint density at radius 1 is 1.35 bits per heavy atom. The van der Waals surface area contributed by atoms with Gasteiger partial charge in [-0.25, -0.2) is 10.2 Å². The summed E-state index contributed by atoms with van der Waals surface area (Å²) in [5, 5.41) is 13.9. The Morgan fingerprint density at radius 3 is 2.55 bits per heavy atom. The van der Waals surface area contributed by atoms with Crippen LogP contribution in [0.4, 0.5) is 0 Å². The molecule has 0 aromatic heterocycles. The van der Waals surface area contributed by atoms with Crippen LogP contribution in [0, 0.1) is 10.1 Å². The van der Waals surface area contributed by atoms with Crippen LogP contribution in [-0.2, 0) is 9.53 Å². The molecule has 1 rings (SSSR count). The van der Waals surface area contributed by atoms with Crippen LogP contribution in [0.1, 0.15) is 17.3 Å². The van der Waals surface area contributed by atoms with Crippen molar-refractivity contribution in [1.82, 2.24) is 5.43 Å². The van der Waals surface area contributed by atoms with Crippen LogP contribution in [0.25, 0.3) is 0 Å². The minimum atomic E-state index is -0.933. The Balaban J connectivity index is 2.78. The van der Waals surface area contributed by atoms with E-state index in [1.807, 2.05) is 0 Å². The van der Waals surface area contributed by atoms with E-state index in [9.17, 15) is 19.7 Å². The molecule has 0 radical (unpaired) electrons. The lowest BCUT2D eigenvalue weighted by Crippen LogP contribution is -2.29. The van der Waals surface area contributed by atoms with Crippen molar-refractivity contribution in [2.75, 3.05) is 13.2 Å². The smallest absolute Gasteiger partial charge is 0.361 e. The van der Waals surface area contributed by atoms with Crippen molar-refractivity contribution in [2.45, 2.75) is 6.92 Å². The van der Waals surface area contributed by atoms with Gasteiger partial charge in [0, 0.05) is 10.5 Å². The van der Waals surface area contributed by atoms with Gasteiger partial charge in [0.2, 0.25) is 5.71 Å². The van der Waals surface area contributed by atoms with Gasteiger partial charge in [0.05, 0.1) is 6.61 Å². The van der Waals surface area contributed by atoms with Crippen LogP contribution in [0.3, 0.4) is 0 Å². The number of amides is 1. The van der Waals surface area contributed by atoms with E-state index < -0.39 is 29.1 Å². The number of nitrogens with zero attached hydrogens (tertiary/aromatic N) is 2. The summed E-state index contributed by atoms with van der Waals surface area (Å²) >= 11 is 0. The largest absolute Gasteiger partial charge is 0.461 e. The standard InChI is InChI=1S/C12H13N3O5/c1-2-20-12(17)10(8-15(18)19)13-14-11(16)9-6-4-3-5-7-9/h3-7H,2,8H2,1H3,(H,14,16)/b13-10-. The van der Waals surface area contributed by atoms with Gasteiger partial charge in [-0.15, -0.1) is 0 Å². The number of hydrazone groups is 1. The molecule has 0 fully saturated rings. The van der Waals surface area contributed by atoms with Crippen molar-refractivity contribution < 1.29 is 19.2 Å². The molecule has 0 saturated carbocycles. The van der Waals surface area contributed by atoms with Crippen LogP contribution >= 0.6 is 0 Å². The van der Waals surface area contributed by atoms with Crippen LogP contribution in [0.15, 0.2) is 35.4 Å². The average molecular weight is 279 g/mol. The molecule has 1 N–H and O–H groups in total. The number of rotatable bonds is 6. The topological polar surface area (TPSA) is 111 Å². The van der Waals surface area contributed by atoms with Gasteiger partial charge in [-0.3, -0.25) is 14.9 Å². The Labute approximate surface area is 114 Å². The van der Waals surface area contributed by atoms with E-state index in [2.05, 4.69) is 15.3 Å². The number of hydrogen-bond acceptors (Lipinski definition) is 6. The second-order valence-corrected chi connectivity index (χ2v) is 3.58. The summed E-state index contributed by atoms with van der Waals surface area (Å²) in [7, 11) is 0. The first-order valence-corrected chi connectivity index (χ1v) is 5.75. The van der Waals surface area contributed by atoms with Gasteiger partial charge in [0.25, 0.3) is 12.5 Å². The van der Waals surface area contributed by atoms with Gasteiger partial charge in [0.1, 0.15) is 0 Å². The van der Waals surface area contributed by atoms with Gasteiger partial charge in [-0.05, 0) is 19.1 Å². The molecule has 0 spiro atoms. The van der Waals surface area contributed by atoms with Crippen molar-refractivity contribution in [3.63, 3.8) is 0 Å². The highest BCUT2D eigenvalue weighted by atomic mass is 16.6. The molecule has 0 atom stereocenters.